The molecule has 19 heavy (non-hydrogen) atoms. The average molecular weight is 255 g/mol. The Morgan fingerprint density at radius 2 is 2.16 bits per heavy atom. The second-order valence-electron chi connectivity index (χ2n) is 4.21. The van der Waals surface area contributed by atoms with Gasteiger partial charge in [-0.15, -0.1) is 11.7 Å². The van der Waals surface area contributed by atoms with Crippen LogP contribution in [0.1, 0.15) is 11.1 Å². The van der Waals surface area contributed by atoms with Crippen LogP contribution < -0.4 is 10.6 Å². The van der Waals surface area contributed by atoms with E-state index in [2.05, 4.69) is 52.3 Å². The summed E-state index contributed by atoms with van der Waals surface area (Å²) in [5.41, 5.74) is 3.39. The first-order chi connectivity index (χ1) is 9.20. The van der Waals surface area contributed by atoms with Gasteiger partial charge in [-0.05, 0) is 31.0 Å². The molecule has 5 nitrogen and oxygen atoms in total. The highest BCUT2D eigenvalue weighted by atomic mass is 15.3. The molecule has 0 radical (unpaired) electrons. The van der Waals surface area contributed by atoms with Gasteiger partial charge in [0.25, 0.3) is 0 Å². The van der Waals surface area contributed by atoms with E-state index in [-0.39, 0.29) is 0 Å². The molecule has 0 unspecified atom stereocenters. The molecule has 0 saturated heterocycles. The second kappa shape index (κ2) is 5.95. The van der Waals surface area contributed by atoms with E-state index in [4.69, 9.17) is 0 Å². The topological polar surface area (TPSA) is 62.7 Å². The van der Waals surface area contributed by atoms with Crippen molar-refractivity contribution in [2.24, 2.45) is 0 Å². The molecule has 2 rings (SSSR count). The van der Waals surface area contributed by atoms with E-state index in [1.54, 1.807) is 12.3 Å². The van der Waals surface area contributed by atoms with E-state index in [1.165, 1.54) is 11.1 Å². The van der Waals surface area contributed by atoms with Crippen LogP contribution in [-0.4, -0.2) is 21.7 Å². The number of aromatic nitrogens is 3. The smallest absolute Gasteiger partial charge is 0.249 e. The van der Waals surface area contributed by atoms with E-state index < -0.39 is 0 Å². The number of hydrogen-bond acceptors (Lipinski definition) is 5. The first-order valence-corrected chi connectivity index (χ1v) is 6.08. The van der Waals surface area contributed by atoms with Gasteiger partial charge in [0.05, 0.1) is 6.20 Å². The molecule has 5 heteroatoms. The van der Waals surface area contributed by atoms with Crippen LogP contribution in [-0.2, 0) is 0 Å². The summed E-state index contributed by atoms with van der Waals surface area (Å²) in [7, 11) is 0. The van der Waals surface area contributed by atoms with Gasteiger partial charge in [-0.25, -0.2) is 0 Å². The number of nitrogens with zero attached hydrogens (tertiary/aromatic N) is 3. The van der Waals surface area contributed by atoms with Gasteiger partial charge in [-0.3, -0.25) is 0 Å². The minimum Gasteiger partial charge on any atom is -0.365 e. The maximum atomic E-state index is 4.33. The average Bonchev–Trinajstić information content (AvgIpc) is 2.42. The van der Waals surface area contributed by atoms with Crippen molar-refractivity contribution < 1.29 is 0 Å². The highest BCUT2D eigenvalue weighted by Gasteiger charge is 2.04. The third-order valence-electron chi connectivity index (χ3n) is 2.84. The van der Waals surface area contributed by atoms with Crippen LogP contribution in [0.5, 0.6) is 0 Å². The van der Waals surface area contributed by atoms with Gasteiger partial charge in [-0.1, -0.05) is 18.2 Å². The summed E-state index contributed by atoms with van der Waals surface area (Å²) in [4.78, 5) is 4.33. The molecule has 0 amide bonds. The summed E-state index contributed by atoms with van der Waals surface area (Å²) in [6, 6.07) is 6.06. The molecule has 0 spiro atoms. The zero-order chi connectivity index (χ0) is 13.7. The fourth-order valence-electron chi connectivity index (χ4n) is 1.63. The number of nitrogens with one attached hydrogen (secondary N) is 2. The van der Waals surface area contributed by atoms with Crippen molar-refractivity contribution in [3.63, 3.8) is 0 Å². The Bertz CT molecular complexity index is 580. The van der Waals surface area contributed by atoms with Crippen molar-refractivity contribution in [3.8, 4) is 0 Å². The van der Waals surface area contributed by atoms with Gasteiger partial charge in [0, 0.05) is 12.2 Å². The van der Waals surface area contributed by atoms with Gasteiger partial charge in [0.1, 0.15) is 0 Å². The van der Waals surface area contributed by atoms with Gasteiger partial charge in [-0.2, -0.15) is 10.1 Å². The predicted molar refractivity (Wildman–Crippen MR) is 77.7 cm³/mol. The molecule has 2 aromatic rings. The van der Waals surface area contributed by atoms with Gasteiger partial charge >= 0.3 is 0 Å². The van der Waals surface area contributed by atoms with Crippen molar-refractivity contribution >= 4 is 17.5 Å². The second-order valence-corrected chi connectivity index (χ2v) is 4.21. The predicted octanol–water partition coefficient (Wildman–Crippen LogP) is 2.83. The quantitative estimate of drug-likeness (QED) is 0.804. The van der Waals surface area contributed by atoms with E-state index in [0.717, 1.165) is 5.69 Å². The summed E-state index contributed by atoms with van der Waals surface area (Å²) in [5.74, 6) is 1.14. The Morgan fingerprint density at radius 1 is 1.32 bits per heavy atom. The largest absolute Gasteiger partial charge is 0.365 e. The molecule has 0 aliphatic heterocycles. The fourth-order valence-corrected chi connectivity index (χ4v) is 1.63. The Labute approximate surface area is 112 Å². The Hall–Kier alpha value is -2.43. The zero-order valence-corrected chi connectivity index (χ0v) is 11.1. The van der Waals surface area contributed by atoms with Gasteiger partial charge in [0.15, 0.2) is 5.82 Å². The molecule has 0 aliphatic carbocycles. The Balaban J connectivity index is 2.18. The molecular weight excluding hydrogens is 238 g/mol. The van der Waals surface area contributed by atoms with Crippen molar-refractivity contribution in [2.45, 2.75) is 13.8 Å². The first kappa shape index (κ1) is 13.0. The third kappa shape index (κ3) is 3.28. The van der Waals surface area contributed by atoms with Crippen molar-refractivity contribution in [3.05, 3.63) is 48.2 Å². The lowest BCUT2D eigenvalue weighted by atomic mass is 10.1. The van der Waals surface area contributed by atoms with Crippen LogP contribution in [0.3, 0.4) is 0 Å². The van der Waals surface area contributed by atoms with Crippen LogP contribution in [0, 0.1) is 13.8 Å². The van der Waals surface area contributed by atoms with Crippen LogP contribution in [0.15, 0.2) is 37.1 Å². The molecule has 98 valence electrons. The molecule has 0 fully saturated rings. The first-order valence-electron chi connectivity index (χ1n) is 6.08. The lowest BCUT2D eigenvalue weighted by Crippen LogP contribution is -2.06. The summed E-state index contributed by atoms with van der Waals surface area (Å²) in [5, 5.41) is 14.1. The molecule has 0 saturated carbocycles. The number of aryl methyl sites for hydroxylation is 1. The molecular formula is C14H17N5. The van der Waals surface area contributed by atoms with Crippen molar-refractivity contribution in [1.29, 1.82) is 0 Å². The zero-order valence-electron chi connectivity index (χ0n) is 11.1. The van der Waals surface area contributed by atoms with Crippen LogP contribution in [0.4, 0.5) is 17.5 Å². The number of rotatable bonds is 5. The molecule has 2 N–H and O–H groups in total. The maximum absolute atomic E-state index is 4.33. The fraction of sp³-hybridized carbons (Fsp3) is 0.214. The standard InChI is InChI=1S/C14H17N5/c1-4-8-15-13-9-16-19-14(18-13)17-12-7-5-6-10(2)11(12)3/h4-7,9H,1,8H2,2-3H3,(H2,15,17,18,19). The van der Waals surface area contributed by atoms with Crippen LogP contribution >= 0.6 is 0 Å². The maximum Gasteiger partial charge on any atom is 0.249 e. The lowest BCUT2D eigenvalue weighted by Gasteiger charge is -2.10. The van der Waals surface area contributed by atoms with E-state index in [0.29, 0.717) is 18.3 Å². The van der Waals surface area contributed by atoms with E-state index >= 15 is 0 Å². The highest BCUT2D eigenvalue weighted by Crippen LogP contribution is 2.20. The normalized spacial score (nSPS) is 10.0. The highest BCUT2D eigenvalue weighted by molar-refractivity contribution is 5.60. The molecule has 1 aromatic carbocycles. The van der Waals surface area contributed by atoms with E-state index in [9.17, 15) is 0 Å². The molecule has 0 bridgehead atoms. The number of benzene rings is 1. The Morgan fingerprint density at radius 3 is 2.95 bits per heavy atom. The monoisotopic (exact) mass is 255 g/mol. The lowest BCUT2D eigenvalue weighted by molar-refractivity contribution is 0.975. The minimum absolute atomic E-state index is 0.475. The summed E-state index contributed by atoms with van der Waals surface area (Å²) in [6.07, 6.45) is 3.34. The van der Waals surface area contributed by atoms with Crippen LogP contribution in [0.2, 0.25) is 0 Å². The van der Waals surface area contributed by atoms with Crippen LogP contribution in [0.25, 0.3) is 0 Å². The van der Waals surface area contributed by atoms with E-state index in [1.807, 2.05) is 12.1 Å². The molecule has 1 aromatic heterocycles. The summed E-state index contributed by atoms with van der Waals surface area (Å²) >= 11 is 0. The van der Waals surface area contributed by atoms with Crippen molar-refractivity contribution in [1.82, 2.24) is 15.2 Å². The minimum atomic E-state index is 0.475. The van der Waals surface area contributed by atoms with Gasteiger partial charge in [0.2, 0.25) is 5.95 Å². The van der Waals surface area contributed by atoms with Crippen molar-refractivity contribution in [2.75, 3.05) is 17.2 Å². The summed E-state index contributed by atoms with van der Waals surface area (Å²) < 4.78 is 0. The van der Waals surface area contributed by atoms with Gasteiger partial charge < -0.3 is 10.6 Å². The SMILES string of the molecule is C=CCNc1cnnc(Nc2cccc(C)c2C)n1. The molecule has 0 atom stereocenters. The number of anilines is 3. The third-order valence-corrected chi connectivity index (χ3v) is 2.84. The molecule has 1 heterocycles. The summed E-state index contributed by atoms with van der Waals surface area (Å²) in [6.45, 7) is 8.42. The molecule has 0 aliphatic rings. The Kier molecular flexibility index (Phi) is 4.07. The number of hydrogen-bond donors (Lipinski definition) is 2.